The van der Waals surface area contributed by atoms with Gasteiger partial charge in [-0.05, 0) is 87.9 Å². The van der Waals surface area contributed by atoms with E-state index in [1.165, 1.54) is 64.5 Å². The molecule has 5 nitrogen and oxygen atoms in total. The van der Waals surface area contributed by atoms with E-state index in [1.807, 2.05) is 24.3 Å². The lowest BCUT2D eigenvalue weighted by Crippen LogP contribution is -2.49. The lowest BCUT2D eigenvalue weighted by molar-refractivity contribution is 0.0391. The fourth-order valence-corrected chi connectivity index (χ4v) is 5.68. The highest BCUT2D eigenvalue weighted by Gasteiger charge is 2.35. The molecule has 0 bridgehead atoms. The number of nitrogens with one attached hydrogen (secondary N) is 2. The molecule has 0 radical (unpaired) electrons. The Morgan fingerprint density at radius 1 is 1.00 bits per heavy atom. The van der Waals surface area contributed by atoms with Crippen molar-refractivity contribution in [2.45, 2.75) is 63.8 Å². The van der Waals surface area contributed by atoms with Gasteiger partial charge in [0, 0.05) is 36.9 Å². The van der Waals surface area contributed by atoms with Gasteiger partial charge < -0.3 is 20.4 Å². The zero-order valence-corrected chi connectivity index (χ0v) is 18.9. The summed E-state index contributed by atoms with van der Waals surface area (Å²) in [6.45, 7) is 5.17. The van der Waals surface area contributed by atoms with E-state index in [4.69, 9.17) is 12.2 Å². The normalized spacial score (nSPS) is 24.7. The molecule has 0 unspecified atom stereocenters. The molecule has 4 rings (SSSR count). The third-order valence-electron chi connectivity index (χ3n) is 7.03. The minimum Gasteiger partial charge on any atom is -0.361 e. The second-order valence-electron chi connectivity index (χ2n) is 9.12. The van der Waals surface area contributed by atoms with Crippen molar-refractivity contribution in [2.24, 2.45) is 5.92 Å². The predicted molar refractivity (Wildman–Crippen MR) is 127 cm³/mol. The number of likely N-dealkylation sites (tertiary alicyclic amines) is 2. The predicted octanol–water partition coefficient (Wildman–Crippen LogP) is 4.25. The van der Waals surface area contributed by atoms with E-state index in [0.717, 1.165) is 37.3 Å². The first-order valence-corrected chi connectivity index (χ1v) is 12.3. The number of anilines is 1. The van der Waals surface area contributed by atoms with Gasteiger partial charge in [-0.25, -0.2) is 0 Å². The van der Waals surface area contributed by atoms with Crippen LogP contribution >= 0.6 is 12.2 Å². The zero-order chi connectivity index (χ0) is 20.8. The first-order chi connectivity index (χ1) is 14.7. The Bertz CT molecular complexity index is 732. The third-order valence-corrected chi connectivity index (χ3v) is 7.28. The van der Waals surface area contributed by atoms with Gasteiger partial charge in [-0.15, -0.1) is 0 Å². The number of piperidine rings is 2. The summed E-state index contributed by atoms with van der Waals surface area (Å²) in [5, 5.41) is 7.20. The number of hydrogen-bond donors (Lipinski definition) is 2. The first kappa shape index (κ1) is 21.6. The Balaban J connectivity index is 1.30. The van der Waals surface area contributed by atoms with Gasteiger partial charge in [-0.3, -0.25) is 4.79 Å². The number of benzene rings is 1. The summed E-state index contributed by atoms with van der Waals surface area (Å²) < 4.78 is 0. The zero-order valence-electron chi connectivity index (χ0n) is 18.1. The summed E-state index contributed by atoms with van der Waals surface area (Å²) in [6, 6.07) is 8.26. The molecule has 0 spiro atoms. The van der Waals surface area contributed by atoms with Crippen LogP contribution in [0.25, 0.3) is 0 Å². The molecule has 3 fully saturated rings. The molecular weight excluding hydrogens is 392 g/mol. The number of amides is 1. The molecule has 1 amide bonds. The second-order valence-corrected chi connectivity index (χ2v) is 9.52. The van der Waals surface area contributed by atoms with Crippen molar-refractivity contribution >= 4 is 28.9 Å². The van der Waals surface area contributed by atoms with Crippen LogP contribution in [0.4, 0.5) is 5.69 Å². The Hall–Kier alpha value is -1.66. The number of thiocarbonyl (C=S) groups is 1. The number of rotatable bonds is 5. The maximum atomic E-state index is 13.3. The molecule has 1 saturated carbocycles. The molecule has 2 atom stereocenters. The monoisotopic (exact) mass is 428 g/mol. The largest absolute Gasteiger partial charge is 0.361 e. The van der Waals surface area contributed by atoms with Gasteiger partial charge >= 0.3 is 0 Å². The van der Waals surface area contributed by atoms with Crippen molar-refractivity contribution in [3.05, 3.63) is 29.8 Å². The van der Waals surface area contributed by atoms with Crippen molar-refractivity contribution in [1.82, 2.24) is 15.1 Å². The van der Waals surface area contributed by atoms with Crippen LogP contribution in [0, 0.1) is 5.92 Å². The van der Waals surface area contributed by atoms with E-state index < -0.39 is 0 Å². The van der Waals surface area contributed by atoms with Crippen molar-refractivity contribution < 1.29 is 4.79 Å². The summed E-state index contributed by atoms with van der Waals surface area (Å²) in [5.41, 5.74) is 1.65. The number of nitrogens with zero attached hydrogens (tertiary/aromatic N) is 2. The van der Waals surface area contributed by atoms with Gasteiger partial charge in [0.2, 0.25) is 0 Å². The van der Waals surface area contributed by atoms with Gasteiger partial charge in [0.1, 0.15) is 0 Å². The van der Waals surface area contributed by atoms with Crippen LogP contribution in [0.15, 0.2) is 24.3 Å². The average Bonchev–Trinajstić information content (AvgIpc) is 2.79. The fourth-order valence-electron chi connectivity index (χ4n) is 5.46. The van der Waals surface area contributed by atoms with Crippen LogP contribution in [-0.2, 0) is 0 Å². The maximum Gasteiger partial charge on any atom is 0.254 e. The Kier molecular flexibility index (Phi) is 7.61. The van der Waals surface area contributed by atoms with E-state index in [2.05, 4.69) is 20.4 Å². The molecule has 1 aliphatic carbocycles. The third kappa shape index (κ3) is 5.52. The first-order valence-electron chi connectivity index (χ1n) is 11.9. The van der Waals surface area contributed by atoms with Crippen LogP contribution in [0.3, 0.4) is 0 Å². The summed E-state index contributed by atoms with van der Waals surface area (Å²) in [6.07, 6.45) is 11.4. The maximum absolute atomic E-state index is 13.3. The smallest absolute Gasteiger partial charge is 0.254 e. The van der Waals surface area contributed by atoms with Gasteiger partial charge in [0.05, 0.1) is 0 Å². The molecule has 2 saturated heterocycles. The lowest BCUT2D eigenvalue weighted by atomic mass is 9.78. The van der Waals surface area contributed by atoms with Gasteiger partial charge in [-0.1, -0.05) is 25.3 Å². The second kappa shape index (κ2) is 10.6. The lowest BCUT2D eigenvalue weighted by Gasteiger charge is -2.44. The summed E-state index contributed by atoms with van der Waals surface area (Å²) in [7, 11) is 0. The molecule has 2 N–H and O–H groups in total. The van der Waals surface area contributed by atoms with Crippen molar-refractivity contribution in [3.63, 3.8) is 0 Å². The van der Waals surface area contributed by atoms with Crippen LogP contribution in [-0.4, -0.2) is 59.6 Å². The number of carbonyl (C=O) groups is 1. The van der Waals surface area contributed by atoms with E-state index in [1.54, 1.807) is 0 Å². The molecule has 2 heterocycles. The Labute approximate surface area is 186 Å². The fraction of sp³-hybridized carbons (Fsp3) is 0.667. The van der Waals surface area contributed by atoms with E-state index in [9.17, 15) is 4.79 Å². The van der Waals surface area contributed by atoms with E-state index in [-0.39, 0.29) is 5.91 Å². The molecule has 1 aromatic rings. The molecule has 6 heteroatoms. The topological polar surface area (TPSA) is 47.6 Å². The minimum absolute atomic E-state index is 0.180. The van der Waals surface area contributed by atoms with Gasteiger partial charge in [0.15, 0.2) is 5.11 Å². The highest BCUT2D eigenvalue weighted by Crippen LogP contribution is 2.36. The van der Waals surface area contributed by atoms with Crippen LogP contribution in [0.2, 0.25) is 0 Å². The quantitative estimate of drug-likeness (QED) is 0.687. The molecule has 164 valence electrons. The molecule has 30 heavy (non-hydrogen) atoms. The minimum atomic E-state index is 0.180. The molecule has 1 aromatic carbocycles. The molecule has 2 aliphatic heterocycles. The molecule has 0 aromatic heterocycles. The molecule has 3 aliphatic rings. The highest BCUT2D eigenvalue weighted by molar-refractivity contribution is 7.80. The van der Waals surface area contributed by atoms with Crippen LogP contribution < -0.4 is 10.6 Å². The van der Waals surface area contributed by atoms with Crippen molar-refractivity contribution in [2.75, 3.05) is 38.0 Å². The SMILES string of the molecule is O=C(c1cccc(NC(=S)NCCN2CCCCC2)c1)N1CCC[C@@H]2CCCC[C@@H]21. The van der Waals surface area contributed by atoms with Crippen LogP contribution in [0.1, 0.15) is 68.1 Å². The van der Waals surface area contributed by atoms with E-state index >= 15 is 0 Å². The van der Waals surface area contributed by atoms with Gasteiger partial charge in [0.25, 0.3) is 5.91 Å². The summed E-state index contributed by atoms with van der Waals surface area (Å²) >= 11 is 5.48. The number of hydrogen-bond acceptors (Lipinski definition) is 3. The number of carbonyl (C=O) groups excluding carboxylic acids is 1. The van der Waals surface area contributed by atoms with Crippen LogP contribution in [0.5, 0.6) is 0 Å². The Morgan fingerprint density at radius 2 is 1.80 bits per heavy atom. The summed E-state index contributed by atoms with van der Waals surface area (Å²) in [5.74, 6) is 0.883. The standard InChI is InChI=1S/C24H36N4OS/c29-23(28-16-7-10-19-8-2-3-12-22(19)28)20-9-6-11-21(18-20)26-24(30)25-13-17-27-14-4-1-5-15-27/h6,9,11,18-19,22H,1-5,7-8,10,12-17H2,(H2,25,26,30)/t19-,22-/m0/s1. The average molecular weight is 429 g/mol. The highest BCUT2D eigenvalue weighted by atomic mass is 32.1. The number of fused-ring (bicyclic) bond motifs is 1. The summed E-state index contributed by atoms with van der Waals surface area (Å²) in [4.78, 5) is 17.9. The van der Waals surface area contributed by atoms with E-state index in [0.29, 0.717) is 17.1 Å². The van der Waals surface area contributed by atoms with Crippen molar-refractivity contribution in [1.29, 1.82) is 0 Å². The van der Waals surface area contributed by atoms with Gasteiger partial charge in [-0.2, -0.15) is 0 Å². The molecular formula is C24H36N4OS. The Morgan fingerprint density at radius 3 is 2.67 bits per heavy atom. The van der Waals surface area contributed by atoms with Crippen molar-refractivity contribution in [3.8, 4) is 0 Å².